The Kier molecular flexibility index (Phi) is 6.33. The molecular formula is C19H11Cl3FNO4S. The molecule has 0 saturated carbocycles. The summed E-state index contributed by atoms with van der Waals surface area (Å²) < 4.78 is 18.6. The highest BCUT2D eigenvalue weighted by atomic mass is 35.5. The van der Waals surface area contributed by atoms with E-state index in [1.54, 1.807) is 6.07 Å². The molecule has 0 fully saturated rings. The molecule has 5 nitrogen and oxygen atoms in total. The molecule has 0 spiro atoms. The van der Waals surface area contributed by atoms with Crippen LogP contribution in [0.4, 0.5) is 10.1 Å². The number of methoxy groups -OCH3 is 1. The van der Waals surface area contributed by atoms with Crippen molar-refractivity contribution >= 4 is 63.7 Å². The Morgan fingerprint density at radius 1 is 1.17 bits per heavy atom. The van der Waals surface area contributed by atoms with Gasteiger partial charge in [0.2, 0.25) is 0 Å². The maximum atomic E-state index is 13.5. The number of benzene rings is 2. The molecule has 1 heterocycles. The van der Waals surface area contributed by atoms with Crippen LogP contribution < -0.4 is 10.1 Å². The van der Waals surface area contributed by atoms with E-state index in [-0.39, 0.29) is 37.6 Å². The molecule has 1 amide bonds. The Morgan fingerprint density at radius 2 is 1.90 bits per heavy atom. The summed E-state index contributed by atoms with van der Waals surface area (Å²) in [6.07, 6.45) is 0. The fourth-order valence-corrected chi connectivity index (χ4v) is 4.39. The van der Waals surface area contributed by atoms with Crippen molar-refractivity contribution in [2.75, 3.05) is 12.4 Å². The summed E-state index contributed by atoms with van der Waals surface area (Å²) in [4.78, 5) is 24.9. The molecule has 0 aliphatic carbocycles. The van der Waals surface area contributed by atoms with Crippen molar-refractivity contribution in [2.45, 2.75) is 0 Å². The topological polar surface area (TPSA) is 75.6 Å². The molecule has 3 aromatic rings. The maximum Gasteiger partial charge on any atom is 0.339 e. The average molecular weight is 475 g/mol. The number of aromatic carboxylic acids is 1. The predicted octanol–water partition coefficient (Wildman–Crippen LogP) is 6.47. The highest BCUT2D eigenvalue weighted by Crippen LogP contribution is 2.41. The lowest BCUT2D eigenvalue weighted by atomic mass is 10.1. The molecule has 0 atom stereocenters. The van der Waals surface area contributed by atoms with E-state index in [0.29, 0.717) is 10.4 Å². The first kappa shape index (κ1) is 21.4. The monoisotopic (exact) mass is 473 g/mol. The molecule has 0 aliphatic heterocycles. The van der Waals surface area contributed by atoms with E-state index >= 15 is 0 Å². The van der Waals surface area contributed by atoms with E-state index in [1.165, 1.54) is 36.8 Å². The van der Waals surface area contributed by atoms with Crippen molar-refractivity contribution in [3.05, 3.63) is 67.7 Å². The number of carbonyl (C=O) groups is 2. The van der Waals surface area contributed by atoms with Gasteiger partial charge in [-0.05, 0) is 23.8 Å². The Labute approximate surface area is 183 Å². The molecule has 0 bridgehead atoms. The molecule has 29 heavy (non-hydrogen) atoms. The second kappa shape index (κ2) is 8.59. The first-order valence-electron chi connectivity index (χ1n) is 7.88. The number of thiophene rings is 1. The van der Waals surface area contributed by atoms with Crippen LogP contribution in [0.25, 0.3) is 10.4 Å². The number of nitrogens with one attached hydrogen (secondary N) is 1. The van der Waals surface area contributed by atoms with Crippen molar-refractivity contribution in [3.8, 4) is 16.2 Å². The normalized spacial score (nSPS) is 10.7. The number of amides is 1. The highest BCUT2D eigenvalue weighted by molar-refractivity contribution is 7.14. The number of rotatable bonds is 5. The number of halogens is 4. The van der Waals surface area contributed by atoms with E-state index in [0.717, 1.165) is 11.3 Å². The van der Waals surface area contributed by atoms with Gasteiger partial charge < -0.3 is 15.2 Å². The lowest BCUT2D eigenvalue weighted by Crippen LogP contribution is -2.15. The molecule has 0 saturated heterocycles. The Bertz CT molecular complexity index is 1130. The van der Waals surface area contributed by atoms with Crippen molar-refractivity contribution in [1.82, 2.24) is 0 Å². The second-order valence-corrected chi connectivity index (χ2v) is 7.73. The van der Waals surface area contributed by atoms with Crippen molar-refractivity contribution in [1.29, 1.82) is 0 Å². The summed E-state index contributed by atoms with van der Waals surface area (Å²) in [5.41, 5.74) is 0.194. The van der Waals surface area contributed by atoms with E-state index in [9.17, 15) is 19.1 Å². The minimum Gasteiger partial charge on any atom is -0.494 e. The third kappa shape index (κ3) is 4.18. The zero-order chi connectivity index (χ0) is 21.3. The smallest absolute Gasteiger partial charge is 0.339 e. The Hall–Kier alpha value is -2.32. The van der Waals surface area contributed by atoms with Gasteiger partial charge in [-0.1, -0.05) is 46.9 Å². The number of hydrogen-bond acceptors (Lipinski definition) is 4. The summed E-state index contributed by atoms with van der Waals surface area (Å²) in [6, 6.07) is 6.76. The van der Waals surface area contributed by atoms with Gasteiger partial charge in [0.15, 0.2) is 5.75 Å². The average Bonchev–Trinajstić information content (AvgIpc) is 3.09. The molecule has 1 aromatic heterocycles. The fourth-order valence-electron chi connectivity index (χ4n) is 2.62. The third-order valence-electron chi connectivity index (χ3n) is 3.90. The quantitative estimate of drug-likeness (QED) is 0.415. The van der Waals surface area contributed by atoms with Gasteiger partial charge in [-0.2, -0.15) is 0 Å². The van der Waals surface area contributed by atoms with Crippen LogP contribution in [0.15, 0.2) is 35.7 Å². The first-order chi connectivity index (χ1) is 13.7. The molecule has 0 unspecified atom stereocenters. The van der Waals surface area contributed by atoms with Crippen molar-refractivity contribution < 1.29 is 23.8 Å². The van der Waals surface area contributed by atoms with Gasteiger partial charge in [-0.3, -0.25) is 4.79 Å². The minimum absolute atomic E-state index is 0.0233. The van der Waals surface area contributed by atoms with Gasteiger partial charge >= 0.3 is 5.97 Å². The Balaban J connectivity index is 2.03. The lowest BCUT2D eigenvalue weighted by Gasteiger charge is -2.12. The van der Waals surface area contributed by atoms with Gasteiger partial charge in [0.1, 0.15) is 16.4 Å². The van der Waals surface area contributed by atoms with E-state index < -0.39 is 17.7 Å². The van der Waals surface area contributed by atoms with Crippen LogP contribution in [0.5, 0.6) is 5.75 Å². The molecule has 2 aromatic carbocycles. The van der Waals surface area contributed by atoms with Crippen LogP contribution >= 0.6 is 46.1 Å². The zero-order valence-electron chi connectivity index (χ0n) is 14.6. The standard InChI is InChI=1S/C19H11Cl3FNO4S/c1-28-16-14(21)10(6-11(20)15(16)22)18(25)24-12-7-29-17(13(12)19(26)27)8-3-2-4-9(23)5-8/h2-7H,1H3,(H,24,25)(H,26,27). The van der Waals surface area contributed by atoms with Gasteiger partial charge in [0.05, 0.1) is 33.3 Å². The largest absolute Gasteiger partial charge is 0.494 e. The van der Waals surface area contributed by atoms with Gasteiger partial charge in [0, 0.05) is 5.38 Å². The molecule has 0 radical (unpaired) electrons. The van der Waals surface area contributed by atoms with Gasteiger partial charge in [-0.15, -0.1) is 11.3 Å². The van der Waals surface area contributed by atoms with Gasteiger partial charge in [-0.25, -0.2) is 9.18 Å². The Morgan fingerprint density at radius 3 is 2.52 bits per heavy atom. The predicted molar refractivity (Wildman–Crippen MR) is 113 cm³/mol. The second-order valence-electron chi connectivity index (χ2n) is 5.69. The third-order valence-corrected chi connectivity index (χ3v) is 6.08. The first-order valence-corrected chi connectivity index (χ1v) is 9.89. The van der Waals surface area contributed by atoms with Crippen LogP contribution in [0.1, 0.15) is 20.7 Å². The van der Waals surface area contributed by atoms with E-state index in [1.807, 2.05) is 0 Å². The summed E-state index contributed by atoms with van der Waals surface area (Å²) in [6.45, 7) is 0. The van der Waals surface area contributed by atoms with Crippen LogP contribution in [-0.2, 0) is 0 Å². The van der Waals surface area contributed by atoms with Crippen LogP contribution in [0.2, 0.25) is 15.1 Å². The van der Waals surface area contributed by atoms with E-state index in [4.69, 9.17) is 39.5 Å². The number of carboxylic acid groups (broad SMARTS) is 1. The number of carbonyl (C=O) groups excluding carboxylic acids is 1. The SMILES string of the molecule is COc1c(Cl)c(Cl)cc(C(=O)Nc2csc(-c3cccc(F)c3)c2C(=O)O)c1Cl. The number of anilines is 1. The van der Waals surface area contributed by atoms with Crippen LogP contribution in [-0.4, -0.2) is 24.1 Å². The van der Waals surface area contributed by atoms with Crippen LogP contribution in [0, 0.1) is 5.82 Å². The number of hydrogen-bond donors (Lipinski definition) is 2. The summed E-state index contributed by atoms with van der Waals surface area (Å²) in [7, 11) is 1.32. The zero-order valence-corrected chi connectivity index (χ0v) is 17.6. The molecule has 150 valence electrons. The highest BCUT2D eigenvalue weighted by Gasteiger charge is 2.24. The number of carboxylic acids is 1. The molecule has 10 heteroatoms. The maximum absolute atomic E-state index is 13.5. The molecule has 0 aliphatic rings. The van der Waals surface area contributed by atoms with Crippen molar-refractivity contribution in [2.24, 2.45) is 0 Å². The summed E-state index contributed by atoms with van der Waals surface area (Å²) in [5.74, 6) is -2.47. The fraction of sp³-hybridized carbons (Fsp3) is 0.0526. The molecule has 3 rings (SSSR count). The van der Waals surface area contributed by atoms with Gasteiger partial charge in [0.25, 0.3) is 5.91 Å². The summed E-state index contributed by atoms with van der Waals surface area (Å²) in [5, 5.41) is 13.6. The van der Waals surface area contributed by atoms with Crippen LogP contribution in [0.3, 0.4) is 0 Å². The lowest BCUT2D eigenvalue weighted by molar-refractivity contribution is 0.0699. The number of ether oxygens (including phenoxy) is 1. The molecule has 2 N–H and O–H groups in total. The van der Waals surface area contributed by atoms with Crippen molar-refractivity contribution in [3.63, 3.8) is 0 Å². The minimum atomic E-state index is -1.28. The molecular weight excluding hydrogens is 464 g/mol. The summed E-state index contributed by atoms with van der Waals surface area (Å²) >= 11 is 19.3. The van der Waals surface area contributed by atoms with E-state index in [2.05, 4.69) is 5.32 Å².